The SMILES string of the molecule is CCc1nc(CN(C)Cc2cccc(OC)c2O[C@@H](C)CC)no1. The Morgan fingerprint density at radius 1 is 1.25 bits per heavy atom. The molecule has 1 aromatic heterocycles. The van der Waals surface area contributed by atoms with Crippen LogP contribution in [0.1, 0.15) is 44.5 Å². The summed E-state index contributed by atoms with van der Waals surface area (Å²) in [6.45, 7) is 7.48. The number of aromatic nitrogens is 2. The van der Waals surface area contributed by atoms with Gasteiger partial charge < -0.3 is 14.0 Å². The number of nitrogens with zero attached hydrogens (tertiary/aromatic N) is 3. The van der Waals surface area contributed by atoms with Crippen LogP contribution in [-0.2, 0) is 19.5 Å². The fourth-order valence-corrected chi connectivity index (χ4v) is 2.35. The fraction of sp³-hybridized carbons (Fsp3) is 0.556. The Morgan fingerprint density at radius 2 is 2.04 bits per heavy atom. The Bertz CT molecular complexity index is 642. The first-order valence-electron chi connectivity index (χ1n) is 8.39. The molecular weight excluding hydrogens is 306 g/mol. The summed E-state index contributed by atoms with van der Waals surface area (Å²) >= 11 is 0. The van der Waals surface area contributed by atoms with E-state index < -0.39 is 0 Å². The number of aryl methyl sites for hydroxylation is 1. The molecule has 6 heteroatoms. The van der Waals surface area contributed by atoms with E-state index in [0.29, 0.717) is 24.8 Å². The Labute approximate surface area is 143 Å². The molecule has 0 saturated heterocycles. The second-order valence-electron chi connectivity index (χ2n) is 5.92. The van der Waals surface area contributed by atoms with E-state index in [1.54, 1.807) is 7.11 Å². The predicted molar refractivity (Wildman–Crippen MR) is 92.2 cm³/mol. The predicted octanol–water partition coefficient (Wildman–Crippen LogP) is 3.45. The number of hydrogen-bond acceptors (Lipinski definition) is 6. The quantitative estimate of drug-likeness (QED) is 0.700. The molecule has 0 aliphatic rings. The van der Waals surface area contributed by atoms with Gasteiger partial charge >= 0.3 is 0 Å². The van der Waals surface area contributed by atoms with E-state index in [0.717, 1.165) is 29.9 Å². The van der Waals surface area contributed by atoms with Gasteiger partial charge in [0.25, 0.3) is 0 Å². The van der Waals surface area contributed by atoms with Crippen LogP contribution in [-0.4, -0.2) is 35.3 Å². The zero-order chi connectivity index (χ0) is 17.5. The zero-order valence-electron chi connectivity index (χ0n) is 15.2. The van der Waals surface area contributed by atoms with Crippen LogP contribution >= 0.6 is 0 Å². The molecule has 0 unspecified atom stereocenters. The molecule has 0 fully saturated rings. The van der Waals surface area contributed by atoms with E-state index in [-0.39, 0.29) is 6.10 Å². The first kappa shape index (κ1) is 18.3. The molecule has 1 aromatic carbocycles. The molecule has 0 radical (unpaired) electrons. The molecule has 0 spiro atoms. The summed E-state index contributed by atoms with van der Waals surface area (Å²) < 4.78 is 16.7. The van der Waals surface area contributed by atoms with Crippen molar-refractivity contribution < 1.29 is 14.0 Å². The smallest absolute Gasteiger partial charge is 0.226 e. The number of ether oxygens (including phenoxy) is 2. The number of rotatable bonds is 9. The van der Waals surface area contributed by atoms with Crippen molar-refractivity contribution in [3.63, 3.8) is 0 Å². The van der Waals surface area contributed by atoms with Crippen molar-refractivity contribution in [2.24, 2.45) is 0 Å². The van der Waals surface area contributed by atoms with Gasteiger partial charge in [0.1, 0.15) is 0 Å². The third kappa shape index (κ3) is 4.71. The maximum Gasteiger partial charge on any atom is 0.226 e. The molecule has 0 amide bonds. The van der Waals surface area contributed by atoms with Crippen LogP contribution in [0.25, 0.3) is 0 Å². The van der Waals surface area contributed by atoms with Gasteiger partial charge in [-0.25, -0.2) is 0 Å². The molecule has 0 N–H and O–H groups in total. The Hall–Kier alpha value is -2.08. The molecule has 0 bridgehead atoms. The normalized spacial score (nSPS) is 12.4. The highest BCUT2D eigenvalue weighted by Crippen LogP contribution is 2.33. The van der Waals surface area contributed by atoms with Gasteiger partial charge in [0.05, 0.1) is 19.8 Å². The van der Waals surface area contributed by atoms with Gasteiger partial charge in [0, 0.05) is 18.5 Å². The van der Waals surface area contributed by atoms with Crippen molar-refractivity contribution in [3.8, 4) is 11.5 Å². The summed E-state index contributed by atoms with van der Waals surface area (Å²) in [7, 11) is 3.69. The number of hydrogen-bond donors (Lipinski definition) is 0. The Morgan fingerprint density at radius 3 is 2.67 bits per heavy atom. The first-order valence-corrected chi connectivity index (χ1v) is 8.39. The topological polar surface area (TPSA) is 60.6 Å². The van der Waals surface area contributed by atoms with Crippen LogP contribution in [0.2, 0.25) is 0 Å². The van der Waals surface area contributed by atoms with Gasteiger partial charge in [0.15, 0.2) is 17.3 Å². The van der Waals surface area contributed by atoms with E-state index in [9.17, 15) is 0 Å². The van der Waals surface area contributed by atoms with Gasteiger partial charge in [-0.15, -0.1) is 0 Å². The molecule has 132 valence electrons. The average molecular weight is 333 g/mol. The summed E-state index contributed by atoms with van der Waals surface area (Å²) in [4.78, 5) is 6.48. The van der Waals surface area contributed by atoms with E-state index in [1.807, 2.05) is 26.1 Å². The van der Waals surface area contributed by atoms with Crippen molar-refractivity contribution >= 4 is 0 Å². The number of benzene rings is 1. The summed E-state index contributed by atoms with van der Waals surface area (Å²) in [5.74, 6) is 2.93. The lowest BCUT2D eigenvalue weighted by Gasteiger charge is -2.21. The van der Waals surface area contributed by atoms with Crippen LogP contribution in [0.4, 0.5) is 0 Å². The van der Waals surface area contributed by atoms with Crippen molar-refractivity contribution in [2.45, 2.75) is 52.8 Å². The summed E-state index contributed by atoms with van der Waals surface area (Å²) in [5, 5.41) is 4.00. The van der Waals surface area contributed by atoms with Crippen molar-refractivity contribution in [3.05, 3.63) is 35.5 Å². The fourth-order valence-electron chi connectivity index (χ4n) is 2.35. The summed E-state index contributed by atoms with van der Waals surface area (Å²) in [6, 6.07) is 5.97. The largest absolute Gasteiger partial charge is 0.493 e. The maximum absolute atomic E-state index is 6.09. The third-order valence-electron chi connectivity index (χ3n) is 3.84. The lowest BCUT2D eigenvalue weighted by molar-refractivity contribution is 0.200. The minimum Gasteiger partial charge on any atom is -0.493 e. The molecule has 0 aliphatic heterocycles. The van der Waals surface area contributed by atoms with Crippen molar-refractivity contribution in [2.75, 3.05) is 14.2 Å². The maximum atomic E-state index is 6.09. The third-order valence-corrected chi connectivity index (χ3v) is 3.84. The number of para-hydroxylation sites is 1. The first-order chi connectivity index (χ1) is 11.6. The van der Waals surface area contributed by atoms with Gasteiger partial charge in [-0.05, 0) is 26.5 Å². The number of methoxy groups -OCH3 is 1. The van der Waals surface area contributed by atoms with Gasteiger partial charge in [0.2, 0.25) is 5.89 Å². The Balaban J connectivity index is 2.12. The summed E-state index contributed by atoms with van der Waals surface area (Å²) in [6.07, 6.45) is 1.82. The highest BCUT2D eigenvalue weighted by atomic mass is 16.5. The Kier molecular flexibility index (Phi) is 6.61. The van der Waals surface area contributed by atoms with Gasteiger partial charge in [-0.2, -0.15) is 4.98 Å². The lowest BCUT2D eigenvalue weighted by Crippen LogP contribution is -2.20. The van der Waals surface area contributed by atoms with E-state index in [2.05, 4.69) is 35.0 Å². The van der Waals surface area contributed by atoms with E-state index >= 15 is 0 Å². The second kappa shape index (κ2) is 8.68. The standard InChI is InChI=1S/C18H27N3O3/c1-6-13(3)23-18-14(9-8-10-15(18)22-5)11-21(4)12-16-19-17(7-2)24-20-16/h8-10,13H,6-7,11-12H2,1-5H3/t13-/m0/s1. The molecule has 6 nitrogen and oxygen atoms in total. The summed E-state index contributed by atoms with van der Waals surface area (Å²) in [5.41, 5.74) is 1.08. The van der Waals surface area contributed by atoms with Crippen LogP contribution in [0.5, 0.6) is 11.5 Å². The van der Waals surface area contributed by atoms with Crippen LogP contribution in [0.15, 0.2) is 22.7 Å². The van der Waals surface area contributed by atoms with E-state index in [4.69, 9.17) is 14.0 Å². The van der Waals surface area contributed by atoms with E-state index in [1.165, 1.54) is 0 Å². The molecule has 2 aromatic rings. The molecule has 0 aliphatic carbocycles. The average Bonchev–Trinajstić information content (AvgIpc) is 3.03. The van der Waals surface area contributed by atoms with Gasteiger partial charge in [-0.3, -0.25) is 4.90 Å². The van der Waals surface area contributed by atoms with Crippen molar-refractivity contribution in [1.82, 2.24) is 15.0 Å². The highest BCUT2D eigenvalue weighted by Gasteiger charge is 2.16. The minimum atomic E-state index is 0.134. The van der Waals surface area contributed by atoms with Crippen molar-refractivity contribution in [1.29, 1.82) is 0 Å². The second-order valence-corrected chi connectivity index (χ2v) is 5.92. The zero-order valence-corrected chi connectivity index (χ0v) is 15.2. The molecule has 1 atom stereocenters. The monoisotopic (exact) mass is 333 g/mol. The lowest BCUT2D eigenvalue weighted by atomic mass is 10.1. The minimum absolute atomic E-state index is 0.134. The molecule has 1 heterocycles. The van der Waals surface area contributed by atoms with Crippen LogP contribution < -0.4 is 9.47 Å². The van der Waals surface area contributed by atoms with Crippen LogP contribution in [0, 0.1) is 0 Å². The molecule has 0 saturated carbocycles. The van der Waals surface area contributed by atoms with Gasteiger partial charge in [-0.1, -0.05) is 31.1 Å². The van der Waals surface area contributed by atoms with Crippen LogP contribution in [0.3, 0.4) is 0 Å². The molecule has 2 rings (SSSR count). The molecule has 24 heavy (non-hydrogen) atoms. The molecular formula is C18H27N3O3. The highest BCUT2D eigenvalue weighted by molar-refractivity contribution is 5.46.